The zero-order chi connectivity index (χ0) is 14.8. The van der Waals surface area contributed by atoms with Crippen LogP contribution in [0, 0.1) is 5.82 Å². The van der Waals surface area contributed by atoms with Crippen molar-refractivity contribution < 1.29 is 13.9 Å². The number of halogens is 2. The number of hydrogen-bond donors (Lipinski definition) is 0. The molecule has 0 fully saturated rings. The van der Waals surface area contributed by atoms with Crippen LogP contribution in [0.1, 0.15) is 50.2 Å². The first-order chi connectivity index (χ1) is 9.54. The first-order valence-corrected chi connectivity index (χ1v) is 7.46. The molecule has 1 unspecified atom stereocenters. The molecule has 0 saturated carbocycles. The van der Waals surface area contributed by atoms with Crippen molar-refractivity contribution in [2.24, 2.45) is 0 Å². The Labute approximate surface area is 124 Å². The number of benzene rings is 1. The maximum absolute atomic E-state index is 14.3. The molecule has 1 aromatic carbocycles. The van der Waals surface area contributed by atoms with Crippen LogP contribution in [0.4, 0.5) is 4.39 Å². The number of esters is 1. The molecule has 0 bridgehead atoms. The molecule has 1 aliphatic rings. The number of rotatable bonds is 5. The summed E-state index contributed by atoms with van der Waals surface area (Å²) in [5, 5.41) is 0.657. The normalized spacial score (nSPS) is 20.8. The SMILES string of the molecule is CCC1(CCCC(=O)OC)CCc2c(Cl)ccc(F)c21. The topological polar surface area (TPSA) is 26.3 Å². The van der Waals surface area contributed by atoms with Crippen LogP contribution >= 0.6 is 11.6 Å². The van der Waals surface area contributed by atoms with Gasteiger partial charge in [-0.15, -0.1) is 0 Å². The third-order valence-electron chi connectivity index (χ3n) is 4.53. The standard InChI is InChI=1S/C16H20ClFO2/c1-3-16(9-4-5-14(19)20-2)10-8-11-12(17)6-7-13(18)15(11)16/h6-7H,3-5,8-10H2,1-2H3. The minimum Gasteiger partial charge on any atom is -0.469 e. The molecular formula is C16H20ClFO2. The van der Waals surface area contributed by atoms with E-state index < -0.39 is 0 Å². The van der Waals surface area contributed by atoms with Crippen LogP contribution in [0.5, 0.6) is 0 Å². The highest BCUT2D eigenvalue weighted by molar-refractivity contribution is 6.31. The molecule has 2 rings (SSSR count). The van der Waals surface area contributed by atoms with E-state index in [9.17, 15) is 9.18 Å². The van der Waals surface area contributed by atoms with Gasteiger partial charge in [0.15, 0.2) is 0 Å². The third kappa shape index (κ3) is 2.69. The number of carbonyl (C=O) groups excluding carboxylic acids is 1. The fourth-order valence-corrected chi connectivity index (χ4v) is 3.61. The Morgan fingerprint density at radius 3 is 2.90 bits per heavy atom. The van der Waals surface area contributed by atoms with Crippen LogP contribution in [0.15, 0.2) is 12.1 Å². The maximum atomic E-state index is 14.3. The summed E-state index contributed by atoms with van der Waals surface area (Å²) in [4.78, 5) is 11.2. The van der Waals surface area contributed by atoms with Gasteiger partial charge in [-0.1, -0.05) is 18.5 Å². The molecule has 1 aromatic rings. The van der Waals surface area contributed by atoms with Gasteiger partial charge < -0.3 is 4.74 Å². The van der Waals surface area contributed by atoms with E-state index in [2.05, 4.69) is 11.7 Å². The van der Waals surface area contributed by atoms with Gasteiger partial charge in [-0.3, -0.25) is 4.79 Å². The molecule has 0 aromatic heterocycles. The Morgan fingerprint density at radius 1 is 1.50 bits per heavy atom. The van der Waals surface area contributed by atoms with E-state index in [0.29, 0.717) is 17.9 Å². The quantitative estimate of drug-likeness (QED) is 0.752. The van der Waals surface area contributed by atoms with Crippen LogP contribution in [-0.4, -0.2) is 13.1 Å². The number of hydrogen-bond acceptors (Lipinski definition) is 2. The lowest BCUT2D eigenvalue weighted by molar-refractivity contribution is -0.140. The molecule has 0 amide bonds. The molecule has 0 radical (unpaired) electrons. The van der Waals surface area contributed by atoms with Gasteiger partial charge in [-0.05, 0) is 60.8 Å². The van der Waals surface area contributed by atoms with Crippen LogP contribution in [0.3, 0.4) is 0 Å². The van der Waals surface area contributed by atoms with E-state index in [1.54, 1.807) is 6.07 Å². The lowest BCUT2D eigenvalue weighted by Crippen LogP contribution is -2.23. The van der Waals surface area contributed by atoms with Crippen molar-refractivity contribution in [2.75, 3.05) is 7.11 Å². The Hall–Kier alpha value is -1.09. The Kier molecular flexibility index (Phi) is 4.69. The van der Waals surface area contributed by atoms with E-state index in [1.807, 2.05) is 0 Å². The second-order valence-corrected chi connectivity index (χ2v) is 5.85. The number of carbonyl (C=O) groups is 1. The Morgan fingerprint density at radius 2 is 2.25 bits per heavy atom. The summed E-state index contributed by atoms with van der Waals surface area (Å²) in [6, 6.07) is 3.09. The molecule has 0 spiro atoms. The first kappa shape index (κ1) is 15.3. The summed E-state index contributed by atoms with van der Waals surface area (Å²) < 4.78 is 18.9. The van der Waals surface area contributed by atoms with Gasteiger partial charge in [0.25, 0.3) is 0 Å². The second kappa shape index (κ2) is 6.13. The highest BCUT2D eigenvalue weighted by Gasteiger charge is 2.40. The summed E-state index contributed by atoms with van der Waals surface area (Å²) in [6.45, 7) is 2.08. The summed E-state index contributed by atoms with van der Waals surface area (Å²) >= 11 is 6.19. The van der Waals surface area contributed by atoms with E-state index in [-0.39, 0.29) is 17.2 Å². The van der Waals surface area contributed by atoms with Gasteiger partial charge in [0.1, 0.15) is 5.82 Å². The average Bonchev–Trinajstić information content (AvgIpc) is 2.84. The van der Waals surface area contributed by atoms with Crippen molar-refractivity contribution in [3.8, 4) is 0 Å². The third-order valence-corrected chi connectivity index (χ3v) is 4.88. The summed E-state index contributed by atoms with van der Waals surface area (Å²) in [5.41, 5.74) is 1.54. The van der Waals surface area contributed by atoms with Crippen LogP contribution < -0.4 is 0 Å². The Balaban J connectivity index is 2.23. The van der Waals surface area contributed by atoms with E-state index in [1.165, 1.54) is 13.2 Å². The molecule has 110 valence electrons. The zero-order valence-corrected chi connectivity index (χ0v) is 12.7. The highest BCUT2D eigenvalue weighted by atomic mass is 35.5. The zero-order valence-electron chi connectivity index (χ0n) is 12.0. The summed E-state index contributed by atoms with van der Waals surface area (Å²) in [5.74, 6) is -0.372. The van der Waals surface area contributed by atoms with Gasteiger partial charge in [-0.25, -0.2) is 4.39 Å². The van der Waals surface area contributed by atoms with Crippen LogP contribution in [-0.2, 0) is 21.4 Å². The smallest absolute Gasteiger partial charge is 0.305 e. The minimum absolute atomic E-state index is 0.165. The van der Waals surface area contributed by atoms with Gasteiger partial charge >= 0.3 is 5.97 Å². The van der Waals surface area contributed by atoms with Gasteiger partial charge in [0.05, 0.1) is 7.11 Å². The van der Waals surface area contributed by atoms with Crippen molar-refractivity contribution in [3.05, 3.63) is 34.1 Å². The molecule has 2 nitrogen and oxygen atoms in total. The van der Waals surface area contributed by atoms with Gasteiger partial charge in [0.2, 0.25) is 0 Å². The van der Waals surface area contributed by atoms with Crippen molar-refractivity contribution in [1.29, 1.82) is 0 Å². The molecule has 1 aliphatic carbocycles. The Bertz CT molecular complexity index is 515. The lowest BCUT2D eigenvalue weighted by Gasteiger charge is -2.29. The fraction of sp³-hybridized carbons (Fsp3) is 0.562. The molecular weight excluding hydrogens is 279 g/mol. The minimum atomic E-state index is -0.207. The van der Waals surface area contributed by atoms with E-state index in [0.717, 1.165) is 36.8 Å². The highest BCUT2D eigenvalue weighted by Crippen LogP contribution is 2.48. The number of fused-ring (bicyclic) bond motifs is 1. The number of methoxy groups -OCH3 is 1. The maximum Gasteiger partial charge on any atom is 0.305 e. The van der Waals surface area contributed by atoms with Crippen molar-refractivity contribution in [2.45, 2.75) is 50.9 Å². The predicted molar refractivity (Wildman–Crippen MR) is 77.6 cm³/mol. The van der Waals surface area contributed by atoms with Crippen LogP contribution in [0.2, 0.25) is 5.02 Å². The first-order valence-electron chi connectivity index (χ1n) is 7.08. The molecule has 0 N–H and O–H groups in total. The second-order valence-electron chi connectivity index (χ2n) is 5.45. The monoisotopic (exact) mass is 298 g/mol. The summed E-state index contributed by atoms with van der Waals surface area (Å²) in [7, 11) is 1.39. The van der Waals surface area contributed by atoms with Crippen molar-refractivity contribution in [3.63, 3.8) is 0 Å². The predicted octanol–water partition coefficient (Wildman–Crippen LogP) is 4.42. The van der Waals surface area contributed by atoms with Crippen molar-refractivity contribution >= 4 is 17.6 Å². The molecule has 4 heteroatoms. The fourth-order valence-electron chi connectivity index (χ4n) is 3.35. The lowest BCUT2D eigenvalue weighted by atomic mass is 9.75. The largest absolute Gasteiger partial charge is 0.469 e. The average molecular weight is 299 g/mol. The van der Waals surface area contributed by atoms with E-state index in [4.69, 9.17) is 11.6 Å². The van der Waals surface area contributed by atoms with Gasteiger partial charge in [-0.2, -0.15) is 0 Å². The van der Waals surface area contributed by atoms with Gasteiger partial charge in [0, 0.05) is 11.4 Å². The van der Waals surface area contributed by atoms with Crippen LogP contribution in [0.25, 0.3) is 0 Å². The van der Waals surface area contributed by atoms with Crippen molar-refractivity contribution in [1.82, 2.24) is 0 Å². The molecule has 0 aliphatic heterocycles. The van der Waals surface area contributed by atoms with E-state index >= 15 is 0 Å². The molecule has 0 heterocycles. The molecule has 0 saturated heterocycles. The molecule has 20 heavy (non-hydrogen) atoms. The molecule has 1 atom stereocenters. The number of ether oxygens (including phenoxy) is 1. The summed E-state index contributed by atoms with van der Waals surface area (Å²) in [6.07, 6.45) is 4.47.